The number of likely N-dealkylation sites (tertiary alicyclic amines) is 1. The summed E-state index contributed by atoms with van der Waals surface area (Å²) in [6.07, 6.45) is 3.51. The molecule has 2 fully saturated rings. The quantitative estimate of drug-likeness (QED) is 0.760. The van der Waals surface area contributed by atoms with Gasteiger partial charge in [-0.05, 0) is 55.9 Å². The van der Waals surface area contributed by atoms with Crippen LogP contribution in [0.25, 0.3) is 0 Å². The Labute approximate surface area is 191 Å². The minimum Gasteiger partial charge on any atom is -0.368 e. The second kappa shape index (κ2) is 10.5. The maximum absolute atomic E-state index is 12.8. The van der Waals surface area contributed by atoms with Crippen LogP contribution in [0, 0.1) is 12.8 Å². The van der Waals surface area contributed by atoms with E-state index in [1.54, 1.807) is 0 Å². The van der Waals surface area contributed by atoms with Crippen molar-refractivity contribution in [2.75, 3.05) is 49.5 Å². The normalized spacial score (nSPS) is 19.0. The predicted molar refractivity (Wildman–Crippen MR) is 129 cm³/mol. The molecule has 6 heteroatoms. The SMILES string of the molecule is Cc1ccccc1N1CCN(C(=O)CC[C@@H]2CCCN(C(=O)Nc3ccccc3)C2)CC1. The lowest BCUT2D eigenvalue weighted by Crippen LogP contribution is -2.49. The van der Waals surface area contributed by atoms with E-state index in [0.29, 0.717) is 12.3 Å². The van der Waals surface area contributed by atoms with Crippen molar-refractivity contribution < 1.29 is 9.59 Å². The van der Waals surface area contributed by atoms with Crippen LogP contribution in [-0.4, -0.2) is 61.0 Å². The molecular formula is C26H34N4O2. The zero-order chi connectivity index (χ0) is 22.3. The number of nitrogens with one attached hydrogen (secondary N) is 1. The summed E-state index contributed by atoms with van der Waals surface area (Å²) >= 11 is 0. The van der Waals surface area contributed by atoms with E-state index in [9.17, 15) is 9.59 Å². The molecule has 2 saturated heterocycles. The van der Waals surface area contributed by atoms with E-state index in [1.165, 1.54) is 11.3 Å². The molecule has 2 aromatic carbocycles. The van der Waals surface area contributed by atoms with Crippen molar-refractivity contribution in [1.29, 1.82) is 0 Å². The van der Waals surface area contributed by atoms with Crippen molar-refractivity contribution in [2.45, 2.75) is 32.6 Å². The first-order valence-corrected chi connectivity index (χ1v) is 11.8. The van der Waals surface area contributed by atoms with Gasteiger partial charge in [0.05, 0.1) is 0 Å². The Morgan fingerprint density at radius 1 is 0.906 bits per heavy atom. The molecule has 0 saturated carbocycles. The third-order valence-corrected chi connectivity index (χ3v) is 6.69. The summed E-state index contributed by atoms with van der Waals surface area (Å²) in [6, 6.07) is 18.0. The molecular weight excluding hydrogens is 400 g/mol. The molecule has 0 aliphatic carbocycles. The van der Waals surface area contributed by atoms with Crippen LogP contribution in [0.4, 0.5) is 16.2 Å². The van der Waals surface area contributed by atoms with Gasteiger partial charge < -0.3 is 20.0 Å². The van der Waals surface area contributed by atoms with Crippen LogP contribution in [0.1, 0.15) is 31.2 Å². The highest BCUT2D eigenvalue weighted by Gasteiger charge is 2.26. The van der Waals surface area contributed by atoms with Gasteiger partial charge in [-0.15, -0.1) is 0 Å². The van der Waals surface area contributed by atoms with E-state index in [2.05, 4.69) is 41.4 Å². The largest absolute Gasteiger partial charge is 0.368 e. The second-order valence-electron chi connectivity index (χ2n) is 8.94. The van der Waals surface area contributed by atoms with E-state index in [-0.39, 0.29) is 11.9 Å². The lowest BCUT2D eigenvalue weighted by Gasteiger charge is -2.37. The van der Waals surface area contributed by atoms with Gasteiger partial charge in [0, 0.05) is 57.1 Å². The lowest BCUT2D eigenvalue weighted by molar-refractivity contribution is -0.131. The number of nitrogens with zero attached hydrogens (tertiary/aromatic N) is 3. The lowest BCUT2D eigenvalue weighted by atomic mass is 9.93. The Bertz CT molecular complexity index is 909. The highest BCUT2D eigenvalue weighted by molar-refractivity contribution is 5.89. The molecule has 0 aromatic heterocycles. The number of aryl methyl sites for hydroxylation is 1. The molecule has 6 nitrogen and oxygen atoms in total. The molecule has 0 bridgehead atoms. The molecule has 0 spiro atoms. The van der Waals surface area contributed by atoms with Crippen molar-refractivity contribution >= 4 is 23.3 Å². The smallest absolute Gasteiger partial charge is 0.321 e. The van der Waals surface area contributed by atoms with Crippen LogP contribution in [0.2, 0.25) is 0 Å². The Morgan fingerprint density at radius 3 is 2.38 bits per heavy atom. The number of para-hydroxylation sites is 2. The number of piperazine rings is 1. The van der Waals surface area contributed by atoms with Crippen molar-refractivity contribution in [3.63, 3.8) is 0 Å². The van der Waals surface area contributed by atoms with E-state index >= 15 is 0 Å². The van der Waals surface area contributed by atoms with Crippen molar-refractivity contribution in [2.24, 2.45) is 5.92 Å². The zero-order valence-corrected chi connectivity index (χ0v) is 19.0. The fourth-order valence-corrected chi connectivity index (χ4v) is 4.81. The summed E-state index contributed by atoms with van der Waals surface area (Å²) in [7, 11) is 0. The molecule has 3 amide bonds. The maximum atomic E-state index is 12.8. The molecule has 1 N–H and O–H groups in total. The van der Waals surface area contributed by atoms with Gasteiger partial charge in [0.2, 0.25) is 5.91 Å². The van der Waals surface area contributed by atoms with E-state index in [1.807, 2.05) is 40.1 Å². The molecule has 1 atom stereocenters. The second-order valence-corrected chi connectivity index (χ2v) is 8.94. The van der Waals surface area contributed by atoms with Gasteiger partial charge in [-0.1, -0.05) is 36.4 Å². The number of hydrogen-bond acceptors (Lipinski definition) is 3. The fraction of sp³-hybridized carbons (Fsp3) is 0.462. The van der Waals surface area contributed by atoms with Crippen LogP contribution in [-0.2, 0) is 4.79 Å². The van der Waals surface area contributed by atoms with Crippen molar-refractivity contribution in [1.82, 2.24) is 9.80 Å². The first kappa shape index (κ1) is 22.2. The van der Waals surface area contributed by atoms with Crippen molar-refractivity contribution in [3.8, 4) is 0 Å². The minimum absolute atomic E-state index is 0.0421. The molecule has 2 heterocycles. The first-order chi connectivity index (χ1) is 15.6. The topological polar surface area (TPSA) is 55.9 Å². The van der Waals surface area contributed by atoms with Gasteiger partial charge in [-0.3, -0.25) is 4.79 Å². The van der Waals surface area contributed by atoms with Crippen LogP contribution < -0.4 is 10.2 Å². The Kier molecular flexibility index (Phi) is 7.30. The minimum atomic E-state index is -0.0421. The zero-order valence-electron chi connectivity index (χ0n) is 19.0. The Balaban J connectivity index is 1.21. The summed E-state index contributed by atoms with van der Waals surface area (Å²) in [5.74, 6) is 0.641. The highest BCUT2D eigenvalue weighted by Crippen LogP contribution is 2.24. The average molecular weight is 435 g/mol. The maximum Gasteiger partial charge on any atom is 0.321 e. The molecule has 4 rings (SSSR count). The number of carbonyl (C=O) groups is 2. The standard InChI is InChI=1S/C26H34N4O2/c1-21-8-5-6-12-24(21)28-16-18-29(19-17-28)25(31)14-13-22-9-7-15-30(20-22)26(32)27-23-10-3-2-4-11-23/h2-6,8,10-12,22H,7,9,13-20H2,1H3,(H,27,32)/t22-/m0/s1. The molecule has 2 aliphatic rings. The number of amides is 3. The predicted octanol–water partition coefficient (Wildman–Crippen LogP) is 4.37. The number of anilines is 2. The van der Waals surface area contributed by atoms with Gasteiger partial charge in [-0.2, -0.15) is 0 Å². The molecule has 0 radical (unpaired) electrons. The fourth-order valence-electron chi connectivity index (χ4n) is 4.81. The van der Waals surface area contributed by atoms with Gasteiger partial charge in [0.1, 0.15) is 0 Å². The average Bonchev–Trinajstić information content (AvgIpc) is 2.84. The molecule has 0 unspecified atom stereocenters. The van der Waals surface area contributed by atoms with Crippen LogP contribution >= 0.6 is 0 Å². The monoisotopic (exact) mass is 434 g/mol. The molecule has 170 valence electrons. The van der Waals surface area contributed by atoms with Gasteiger partial charge in [0.25, 0.3) is 0 Å². The summed E-state index contributed by atoms with van der Waals surface area (Å²) in [6.45, 7) is 6.98. The Morgan fingerprint density at radius 2 is 1.62 bits per heavy atom. The van der Waals surface area contributed by atoms with Gasteiger partial charge in [-0.25, -0.2) is 4.79 Å². The number of piperidine rings is 1. The molecule has 32 heavy (non-hydrogen) atoms. The van der Waals surface area contributed by atoms with Crippen LogP contribution in [0.3, 0.4) is 0 Å². The van der Waals surface area contributed by atoms with E-state index in [4.69, 9.17) is 0 Å². The van der Waals surface area contributed by atoms with Crippen LogP contribution in [0.15, 0.2) is 54.6 Å². The number of carbonyl (C=O) groups excluding carboxylic acids is 2. The number of rotatable bonds is 5. The summed E-state index contributed by atoms with van der Waals surface area (Å²) in [4.78, 5) is 31.7. The summed E-state index contributed by atoms with van der Waals surface area (Å²) in [5.41, 5.74) is 3.38. The molecule has 2 aromatic rings. The first-order valence-electron chi connectivity index (χ1n) is 11.8. The van der Waals surface area contributed by atoms with Gasteiger partial charge in [0.15, 0.2) is 0 Å². The van der Waals surface area contributed by atoms with E-state index in [0.717, 1.165) is 64.2 Å². The summed E-state index contributed by atoms with van der Waals surface area (Å²) < 4.78 is 0. The Hall–Kier alpha value is -3.02. The third-order valence-electron chi connectivity index (χ3n) is 6.69. The highest BCUT2D eigenvalue weighted by atomic mass is 16.2. The van der Waals surface area contributed by atoms with Crippen molar-refractivity contribution in [3.05, 3.63) is 60.2 Å². The summed E-state index contributed by atoms with van der Waals surface area (Å²) in [5, 5.41) is 2.98. The van der Waals surface area contributed by atoms with Crippen LogP contribution in [0.5, 0.6) is 0 Å². The number of hydrogen-bond donors (Lipinski definition) is 1. The number of benzene rings is 2. The van der Waals surface area contributed by atoms with Gasteiger partial charge >= 0.3 is 6.03 Å². The third kappa shape index (κ3) is 5.61. The molecule has 2 aliphatic heterocycles. The van der Waals surface area contributed by atoms with E-state index < -0.39 is 0 Å². The number of urea groups is 1.